The molecule has 0 radical (unpaired) electrons. The maximum absolute atomic E-state index is 13.2. The Bertz CT molecular complexity index is 582. The van der Waals surface area contributed by atoms with Crippen molar-refractivity contribution < 1.29 is 9.18 Å². The predicted molar refractivity (Wildman–Crippen MR) is 67.2 cm³/mol. The smallest absolute Gasteiger partial charge is 0.153 e. The lowest BCUT2D eigenvalue weighted by atomic mass is 10.0. The van der Waals surface area contributed by atoms with E-state index in [4.69, 9.17) is 23.2 Å². The number of halogens is 3. The SMILES string of the molecule is O=Cc1cc(-c2ccc(Cl)cc2Cl)ccc1F. The second kappa shape index (κ2) is 4.86. The van der Waals surface area contributed by atoms with Crippen LogP contribution >= 0.6 is 23.2 Å². The van der Waals surface area contributed by atoms with Gasteiger partial charge in [0.2, 0.25) is 0 Å². The maximum Gasteiger partial charge on any atom is 0.153 e. The van der Waals surface area contributed by atoms with Gasteiger partial charge in [0.25, 0.3) is 0 Å². The summed E-state index contributed by atoms with van der Waals surface area (Å²) in [5.74, 6) is -0.547. The van der Waals surface area contributed by atoms with Crippen molar-refractivity contribution in [2.45, 2.75) is 0 Å². The fourth-order valence-corrected chi connectivity index (χ4v) is 2.04. The molecule has 0 heterocycles. The highest BCUT2D eigenvalue weighted by molar-refractivity contribution is 6.36. The summed E-state index contributed by atoms with van der Waals surface area (Å²) in [6.45, 7) is 0. The molecule has 0 fully saturated rings. The summed E-state index contributed by atoms with van der Waals surface area (Å²) >= 11 is 11.8. The Labute approximate surface area is 108 Å². The summed E-state index contributed by atoms with van der Waals surface area (Å²) in [6, 6.07) is 9.28. The Morgan fingerprint density at radius 2 is 1.82 bits per heavy atom. The minimum Gasteiger partial charge on any atom is -0.298 e. The number of benzene rings is 2. The van der Waals surface area contributed by atoms with Gasteiger partial charge in [-0.1, -0.05) is 35.3 Å². The van der Waals surface area contributed by atoms with Gasteiger partial charge >= 0.3 is 0 Å². The van der Waals surface area contributed by atoms with Crippen molar-refractivity contribution in [3.05, 3.63) is 57.8 Å². The van der Waals surface area contributed by atoms with Crippen molar-refractivity contribution in [3.63, 3.8) is 0 Å². The summed E-state index contributed by atoms with van der Waals surface area (Å²) in [5, 5.41) is 0.984. The van der Waals surface area contributed by atoms with Gasteiger partial charge < -0.3 is 0 Å². The van der Waals surface area contributed by atoms with Gasteiger partial charge in [-0.15, -0.1) is 0 Å². The van der Waals surface area contributed by atoms with E-state index in [1.54, 1.807) is 24.3 Å². The highest BCUT2D eigenvalue weighted by atomic mass is 35.5. The zero-order valence-corrected chi connectivity index (χ0v) is 10.1. The monoisotopic (exact) mass is 268 g/mol. The first-order valence-corrected chi connectivity index (χ1v) is 5.57. The van der Waals surface area contributed by atoms with Crippen LogP contribution in [-0.4, -0.2) is 6.29 Å². The Kier molecular flexibility index (Phi) is 3.46. The third kappa shape index (κ3) is 2.48. The summed E-state index contributed by atoms with van der Waals surface area (Å²) in [4.78, 5) is 10.7. The molecule has 0 bridgehead atoms. The third-order valence-corrected chi connectivity index (χ3v) is 2.91. The van der Waals surface area contributed by atoms with Crippen LogP contribution in [0.5, 0.6) is 0 Å². The van der Waals surface area contributed by atoms with E-state index in [2.05, 4.69) is 0 Å². The quantitative estimate of drug-likeness (QED) is 0.727. The van der Waals surface area contributed by atoms with Crippen LogP contribution < -0.4 is 0 Å². The highest BCUT2D eigenvalue weighted by Gasteiger charge is 2.07. The first-order valence-electron chi connectivity index (χ1n) is 4.82. The maximum atomic E-state index is 13.2. The van der Waals surface area contributed by atoms with E-state index in [1.807, 2.05) is 0 Å². The molecule has 0 aliphatic rings. The van der Waals surface area contributed by atoms with E-state index >= 15 is 0 Å². The molecule has 2 rings (SSSR count). The van der Waals surface area contributed by atoms with Crippen LogP contribution in [0.15, 0.2) is 36.4 Å². The molecule has 1 nitrogen and oxygen atoms in total. The van der Waals surface area contributed by atoms with E-state index < -0.39 is 5.82 Å². The fraction of sp³-hybridized carbons (Fsp3) is 0. The zero-order chi connectivity index (χ0) is 12.4. The second-order valence-electron chi connectivity index (χ2n) is 3.48. The number of hydrogen-bond donors (Lipinski definition) is 0. The molecule has 0 saturated heterocycles. The average molecular weight is 269 g/mol. The molecular formula is C13H7Cl2FO. The van der Waals surface area contributed by atoms with E-state index in [0.29, 0.717) is 27.5 Å². The Morgan fingerprint density at radius 3 is 2.47 bits per heavy atom. The fourth-order valence-electron chi connectivity index (χ4n) is 1.53. The summed E-state index contributed by atoms with van der Waals surface area (Å²) < 4.78 is 13.2. The molecule has 0 unspecified atom stereocenters. The molecule has 2 aromatic rings. The van der Waals surface area contributed by atoms with Crippen molar-refractivity contribution in [3.8, 4) is 11.1 Å². The van der Waals surface area contributed by atoms with E-state index in [1.165, 1.54) is 12.1 Å². The molecule has 0 aliphatic heterocycles. The van der Waals surface area contributed by atoms with Gasteiger partial charge in [-0.05, 0) is 29.8 Å². The Hall–Kier alpha value is -1.38. The number of aldehydes is 1. The average Bonchev–Trinajstić information content (AvgIpc) is 2.30. The van der Waals surface area contributed by atoms with Gasteiger partial charge in [-0.2, -0.15) is 0 Å². The van der Waals surface area contributed by atoms with Crippen molar-refractivity contribution >= 4 is 29.5 Å². The minimum absolute atomic E-state index is 0.00789. The van der Waals surface area contributed by atoms with E-state index in [-0.39, 0.29) is 5.56 Å². The number of carbonyl (C=O) groups is 1. The summed E-state index contributed by atoms with van der Waals surface area (Å²) in [6.07, 6.45) is 0.475. The zero-order valence-electron chi connectivity index (χ0n) is 8.58. The van der Waals surface area contributed by atoms with Gasteiger partial charge in [0.1, 0.15) is 5.82 Å². The van der Waals surface area contributed by atoms with Crippen LogP contribution in [0, 0.1) is 5.82 Å². The molecule has 17 heavy (non-hydrogen) atoms. The van der Waals surface area contributed by atoms with E-state index in [0.717, 1.165) is 0 Å². The Morgan fingerprint density at radius 1 is 1.06 bits per heavy atom. The second-order valence-corrected chi connectivity index (χ2v) is 4.32. The van der Waals surface area contributed by atoms with Crippen LogP contribution in [0.3, 0.4) is 0 Å². The van der Waals surface area contributed by atoms with Crippen LogP contribution in [0.4, 0.5) is 4.39 Å². The first-order chi connectivity index (χ1) is 8.11. The lowest BCUT2D eigenvalue weighted by molar-refractivity contribution is 0.112. The van der Waals surface area contributed by atoms with Crippen molar-refractivity contribution in [1.29, 1.82) is 0 Å². The molecule has 0 aromatic heterocycles. The lowest BCUT2D eigenvalue weighted by Gasteiger charge is -2.06. The largest absolute Gasteiger partial charge is 0.298 e. The number of rotatable bonds is 2. The number of hydrogen-bond acceptors (Lipinski definition) is 1. The molecule has 0 N–H and O–H groups in total. The van der Waals surface area contributed by atoms with Crippen molar-refractivity contribution in [2.24, 2.45) is 0 Å². The molecule has 4 heteroatoms. The predicted octanol–water partition coefficient (Wildman–Crippen LogP) is 4.61. The molecule has 0 atom stereocenters. The van der Waals surface area contributed by atoms with Crippen molar-refractivity contribution in [2.75, 3.05) is 0 Å². The van der Waals surface area contributed by atoms with Gasteiger partial charge in [0, 0.05) is 15.6 Å². The third-order valence-electron chi connectivity index (χ3n) is 2.37. The molecule has 86 valence electrons. The molecule has 0 saturated carbocycles. The molecule has 0 amide bonds. The summed E-state index contributed by atoms with van der Waals surface area (Å²) in [7, 11) is 0. The van der Waals surface area contributed by atoms with Crippen LogP contribution in [0.1, 0.15) is 10.4 Å². The van der Waals surface area contributed by atoms with Crippen LogP contribution in [-0.2, 0) is 0 Å². The topological polar surface area (TPSA) is 17.1 Å². The molecular weight excluding hydrogens is 262 g/mol. The molecule has 0 aliphatic carbocycles. The van der Waals surface area contributed by atoms with E-state index in [9.17, 15) is 9.18 Å². The minimum atomic E-state index is -0.547. The molecule has 0 spiro atoms. The highest BCUT2D eigenvalue weighted by Crippen LogP contribution is 2.30. The van der Waals surface area contributed by atoms with Crippen LogP contribution in [0.25, 0.3) is 11.1 Å². The normalized spacial score (nSPS) is 10.3. The summed E-state index contributed by atoms with van der Waals surface area (Å²) in [5.41, 5.74) is 1.39. The Balaban J connectivity index is 2.56. The van der Waals surface area contributed by atoms with Gasteiger partial charge in [-0.3, -0.25) is 4.79 Å². The lowest BCUT2D eigenvalue weighted by Crippen LogP contribution is -1.89. The van der Waals surface area contributed by atoms with Crippen molar-refractivity contribution in [1.82, 2.24) is 0 Å². The van der Waals surface area contributed by atoms with Gasteiger partial charge in [-0.25, -0.2) is 4.39 Å². The molecule has 2 aromatic carbocycles. The van der Waals surface area contributed by atoms with Crippen LogP contribution in [0.2, 0.25) is 10.0 Å². The first kappa shape index (κ1) is 12.1. The number of carbonyl (C=O) groups excluding carboxylic acids is 1. The van der Waals surface area contributed by atoms with Gasteiger partial charge in [0.15, 0.2) is 6.29 Å². The standard InChI is InChI=1S/C13H7Cl2FO/c14-10-2-3-11(12(15)6-10)8-1-4-13(16)9(5-8)7-17/h1-7H. The van der Waals surface area contributed by atoms with Gasteiger partial charge in [0.05, 0.1) is 5.56 Å².